The Morgan fingerprint density at radius 1 is 1.11 bits per heavy atom. The van der Waals surface area contributed by atoms with Crippen molar-refractivity contribution in [1.82, 2.24) is 31.2 Å². The SMILES string of the molecule is O=C1NC(N2CCc3ccccc3C2)NC(N[C@@H]2CCCNC2)C1c1nc(-c2ccc(F)cc2)cs1. The largest absolute Gasteiger partial charge is 0.327 e. The lowest BCUT2D eigenvalue weighted by Crippen LogP contribution is -2.71. The van der Waals surface area contributed by atoms with Crippen LogP contribution in [0.25, 0.3) is 11.3 Å². The number of aromatic nitrogens is 1. The molecule has 3 unspecified atom stereocenters. The molecular formula is C27H31FN6OS. The molecule has 4 atom stereocenters. The molecule has 6 rings (SSSR count). The summed E-state index contributed by atoms with van der Waals surface area (Å²) in [5, 5.41) is 16.8. The van der Waals surface area contributed by atoms with Crippen LogP contribution in [0, 0.1) is 5.82 Å². The van der Waals surface area contributed by atoms with Crippen LogP contribution in [0.5, 0.6) is 0 Å². The van der Waals surface area contributed by atoms with Crippen LogP contribution in [-0.4, -0.2) is 53.9 Å². The van der Waals surface area contributed by atoms with E-state index in [2.05, 4.69) is 50.4 Å². The Kier molecular flexibility index (Phi) is 6.81. The maximum Gasteiger partial charge on any atom is 0.235 e. The number of hydrogen-bond donors (Lipinski definition) is 4. The fourth-order valence-electron chi connectivity index (χ4n) is 5.45. The van der Waals surface area contributed by atoms with E-state index in [4.69, 9.17) is 4.98 Å². The van der Waals surface area contributed by atoms with Crippen molar-refractivity contribution in [1.29, 1.82) is 0 Å². The highest BCUT2D eigenvalue weighted by Crippen LogP contribution is 2.31. The first kappa shape index (κ1) is 23.7. The average Bonchev–Trinajstić information content (AvgIpc) is 3.39. The van der Waals surface area contributed by atoms with Gasteiger partial charge in [-0.2, -0.15) is 0 Å². The fraction of sp³-hybridized carbons (Fsp3) is 0.407. The molecule has 0 spiro atoms. The maximum atomic E-state index is 13.6. The molecule has 3 aromatic rings. The summed E-state index contributed by atoms with van der Waals surface area (Å²) in [6.07, 6.45) is 2.64. The summed E-state index contributed by atoms with van der Waals surface area (Å²) in [5.41, 5.74) is 4.30. The predicted octanol–water partition coefficient (Wildman–Crippen LogP) is 2.76. The molecule has 1 aromatic heterocycles. The Balaban J connectivity index is 1.25. The molecule has 7 nitrogen and oxygen atoms in total. The molecule has 36 heavy (non-hydrogen) atoms. The van der Waals surface area contributed by atoms with Crippen LogP contribution in [0.15, 0.2) is 53.9 Å². The predicted molar refractivity (Wildman–Crippen MR) is 139 cm³/mol. The number of rotatable bonds is 5. The number of nitrogens with one attached hydrogen (secondary N) is 4. The molecule has 2 saturated heterocycles. The van der Waals surface area contributed by atoms with E-state index in [1.165, 1.54) is 34.6 Å². The van der Waals surface area contributed by atoms with Gasteiger partial charge in [-0.15, -0.1) is 11.3 Å². The van der Waals surface area contributed by atoms with Gasteiger partial charge in [0.1, 0.15) is 23.0 Å². The third-order valence-electron chi connectivity index (χ3n) is 7.40. The first-order valence-electron chi connectivity index (χ1n) is 12.7. The number of nitrogens with zero attached hydrogens (tertiary/aromatic N) is 2. The number of piperidine rings is 1. The molecule has 9 heteroatoms. The molecule has 3 aliphatic heterocycles. The van der Waals surface area contributed by atoms with Crippen molar-refractivity contribution in [2.75, 3.05) is 19.6 Å². The molecule has 2 aromatic carbocycles. The zero-order valence-electron chi connectivity index (χ0n) is 20.0. The topological polar surface area (TPSA) is 81.3 Å². The van der Waals surface area contributed by atoms with Gasteiger partial charge in [0.2, 0.25) is 5.91 Å². The van der Waals surface area contributed by atoms with Gasteiger partial charge >= 0.3 is 0 Å². The Morgan fingerprint density at radius 2 is 1.94 bits per heavy atom. The van der Waals surface area contributed by atoms with Crippen molar-refractivity contribution in [2.24, 2.45) is 0 Å². The molecule has 2 fully saturated rings. The van der Waals surface area contributed by atoms with Gasteiger partial charge in [-0.1, -0.05) is 24.3 Å². The zero-order chi connectivity index (χ0) is 24.5. The van der Waals surface area contributed by atoms with E-state index in [0.29, 0.717) is 0 Å². The van der Waals surface area contributed by atoms with Crippen molar-refractivity contribution >= 4 is 17.2 Å². The third-order valence-corrected chi connectivity index (χ3v) is 8.33. The van der Waals surface area contributed by atoms with E-state index >= 15 is 0 Å². The van der Waals surface area contributed by atoms with Gasteiger partial charge in [0.15, 0.2) is 0 Å². The number of hydrogen-bond acceptors (Lipinski definition) is 7. The minimum Gasteiger partial charge on any atom is -0.327 e. The first-order chi connectivity index (χ1) is 17.6. The summed E-state index contributed by atoms with van der Waals surface area (Å²) < 4.78 is 13.4. The second-order valence-corrected chi connectivity index (χ2v) is 10.7. The highest BCUT2D eigenvalue weighted by molar-refractivity contribution is 7.10. The van der Waals surface area contributed by atoms with Crippen LogP contribution < -0.4 is 21.3 Å². The molecule has 0 bridgehead atoms. The lowest BCUT2D eigenvalue weighted by Gasteiger charge is -2.44. The van der Waals surface area contributed by atoms with Gasteiger partial charge in [-0.3, -0.25) is 20.3 Å². The maximum absolute atomic E-state index is 13.6. The molecule has 1 amide bonds. The molecule has 4 heterocycles. The normalized spacial score (nSPS) is 26.9. The summed E-state index contributed by atoms with van der Waals surface area (Å²) in [7, 11) is 0. The van der Waals surface area contributed by atoms with Gasteiger partial charge in [0.25, 0.3) is 0 Å². The molecule has 4 N–H and O–H groups in total. The standard InChI is InChI=1S/C27H31FN6OS/c28-20-9-7-18(8-10-20)22-16-36-26(31-22)23-24(30-21-6-3-12-29-14-21)32-27(33-25(23)35)34-13-11-17-4-1-2-5-19(17)15-34/h1-2,4-5,7-10,16,21,23-24,27,29-30,32H,3,6,11-15H2,(H,33,35)/t21-,23?,24?,27?/m1/s1. The monoisotopic (exact) mass is 506 g/mol. The summed E-state index contributed by atoms with van der Waals surface area (Å²) in [6, 6.07) is 15.1. The molecule has 0 aliphatic carbocycles. The fourth-order valence-corrected chi connectivity index (χ4v) is 6.41. The van der Waals surface area contributed by atoms with Crippen LogP contribution >= 0.6 is 11.3 Å². The lowest BCUT2D eigenvalue weighted by atomic mass is 9.98. The van der Waals surface area contributed by atoms with E-state index in [0.717, 1.165) is 61.7 Å². The lowest BCUT2D eigenvalue weighted by molar-refractivity contribution is -0.130. The van der Waals surface area contributed by atoms with Crippen LogP contribution in [-0.2, 0) is 17.8 Å². The number of halogens is 1. The van der Waals surface area contributed by atoms with Crippen molar-refractivity contribution < 1.29 is 9.18 Å². The van der Waals surface area contributed by atoms with Gasteiger partial charge in [0, 0.05) is 36.6 Å². The second-order valence-electron chi connectivity index (χ2n) is 9.81. The van der Waals surface area contributed by atoms with Gasteiger partial charge in [-0.05, 0) is 61.2 Å². The summed E-state index contributed by atoms with van der Waals surface area (Å²) in [6.45, 7) is 3.59. The highest BCUT2D eigenvalue weighted by Gasteiger charge is 2.42. The smallest absolute Gasteiger partial charge is 0.235 e. The Hall–Kier alpha value is -2.69. The van der Waals surface area contributed by atoms with Crippen LogP contribution in [0.3, 0.4) is 0 Å². The molecule has 0 radical (unpaired) electrons. The first-order valence-corrected chi connectivity index (χ1v) is 13.6. The number of carbonyl (C=O) groups is 1. The third kappa shape index (κ3) is 4.94. The van der Waals surface area contributed by atoms with E-state index < -0.39 is 5.92 Å². The Labute approximate surface area is 214 Å². The van der Waals surface area contributed by atoms with Gasteiger partial charge < -0.3 is 10.6 Å². The number of amides is 1. The highest BCUT2D eigenvalue weighted by atomic mass is 32.1. The summed E-state index contributed by atoms with van der Waals surface area (Å²) in [5.74, 6) is -0.764. The Morgan fingerprint density at radius 3 is 2.75 bits per heavy atom. The zero-order valence-corrected chi connectivity index (χ0v) is 20.9. The van der Waals surface area contributed by atoms with Crippen LogP contribution in [0.2, 0.25) is 0 Å². The van der Waals surface area contributed by atoms with Crippen LogP contribution in [0.4, 0.5) is 4.39 Å². The number of thiazole rings is 1. The minimum atomic E-state index is -0.459. The van der Waals surface area contributed by atoms with E-state index in [9.17, 15) is 9.18 Å². The van der Waals surface area contributed by atoms with Crippen LogP contribution in [0.1, 0.15) is 34.9 Å². The van der Waals surface area contributed by atoms with E-state index in [1.807, 2.05) is 5.38 Å². The van der Waals surface area contributed by atoms with Gasteiger partial charge in [0.05, 0.1) is 11.9 Å². The quantitative estimate of drug-likeness (QED) is 0.426. The molecule has 188 valence electrons. The van der Waals surface area contributed by atoms with Gasteiger partial charge in [-0.25, -0.2) is 9.37 Å². The summed E-state index contributed by atoms with van der Waals surface area (Å²) in [4.78, 5) is 20.7. The minimum absolute atomic E-state index is 0.0288. The van der Waals surface area contributed by atoms with Crippen molar-refractivity contribution in [3.05, 3.63) is 75.9 Å². The van der Waals surface area contributed by atoms with Crippen molar-refractivity contribution in [3.63, 3.8) is 0 Å². The number of fused-ring (bicyclic) bond motifs is 1. The molecule has 0 saturated carbocycles. The van der Waals surface area contributed by atoms with Crippen molar-refractivity contribution in [3.8, 4) is 11.3 Å². The van der Waals surface area contributed by atoms with E-state index in [-0.39, 0.29) is 30.2 Å². The molecular weight excluding hydrogens is 475 g/mol. The number of carbonyl (C=O) groups excluding carboxylic acids is 1. The Bertz CT molecular complexity index is 1210. The number of benzene rings is 2. The molecule has 3 aliphatic rings. The summed E-state index contributed by atoms with van der Waals surface area (Å²) >= 11 is 1.48. The second kappa shape index (κ2) is 10.4. The average molecular weight is 507 g/mol. The van der Waals surface area contributed by atoms with Crippen molar-refractivity contribution in [2.45, 2.75) is 50.2 Å². The van der Waals surface area contributed by atoms with E-state index in [1.54, 1.807) is 12.1 Å².